The molecule has 4 N–H and O–H groups in total. The molecule has 0 saturated heterocycles. The molecule has 2 atom stereocenters. The lowest BCUT2D eigenvalue weighted by molar-refractivity contribution is 0.523. The first-order valence-electron chi connectivity index (χ1n) is 6.97. The SMILES string of the molecule is CCC(N)C[C@@H](N)c1nc(Cc2cccc(C)c2)ns1. The maximum Gasteiger partial charge on any atom is 0.147 e. The van der Waals surface area contributed by atoms with E-state index in [1.165, 1.54) is 22.7 Å². The molecule has 20 heavy (non-hydrogen) atoms. The van der Waals surface area contributed by atoms with Crippen molar-refractivity contribution in [1.82, 2.24) is 9.36 Å². The molecule has 5 heteroatoms. The molecule has 0 aliphatic heterocycles. The van der Waals surface area contributed by atoms with Gasteiger partial charge in [0, 0.05) is 12.5 Å². The van der Waals surface area contributed by atoms with Gasteiger partial charge in [0.05, 0.1) is 6.04 Å². The van der Waals surface area contributed by atoms with E-state index in [4.69, 9.17) is 11.5 Å². The Kier molecular flexibility index (Phi) is 5.23. The minimum atomic E-state index is -0.103. The van der Waals surface area contributed by atoms with Crippen LogP contribution in [0.2, 0.25) is 0 Å². The van der Waals surface area contributed by atoms with Crippen molar-refractivity contribution in [3.63, 3.8) is 0 Å². The fourth-order valence-corrected chi connectivity index (χ4v) is 2.77. The van der Waals surface area contributed by atoms with Crippen LogP contribution in [0.1, 0.15) is 47.8 Å². The Morgan fingerprint density at radius 2 is 2.10 bits per heavy atom. The standard InChI is InChI=1S/C15H22N4S/c1-3-12(16)9-13(17)15-18-14(19-20-15)8-11-6-4-5-10(2)7-11/h4-7,12-13H,3,8-9,16-17H2,1-2H3/t12?,13-/m1/s1. The number of hydrogen-bond donors (Lipinski definition) is 2. The van der Waals surface area contributed by atoms with Gasteiger partial charge >= 0.3 is 0 Å². The van der Waals surface area contributed by atoms with Crippen molar-refractivity contribution >= 4 is 11.5 Å². The number of rotatable bonds is 6. The van der Waals surface area contributed by atoms with Gasteiger partial charge < -0.3 is 11.5 Å². The van der Waals surface area contributed by atoms with Crippen LogP contribution in [0.25, 0.3) is 0 Å². The molecule has 0 saturated carbocycles. The molecule has 108 valence electrons. The molecule has 0 spiro atoms. The van der Waals surface area contributed by atoms with E-state index in [1.807, 2.05) is 0 Å². The predicted octanol–water partition coefficient (Wildman–Crippen LogP) is 2.56. The third kappa shape index (κ3) is 4.10. The summed E-state index contributed by atoms with van der Waals surface area (Å²) in [4.78, 5) is 4.55. The second-order valence-corrected chi connectivity index (χ2v) is 6.01. The van der Waals surface area contributed by atoms with E-state index in [0.29, 0.717) is 0 Å². The molecule has 0 fully saturated rings. The van der Waals surface area contributed by atoms with Crippen molar-refractivity contribution in [2.24, 2.45) is 11.5 Å². The van der Waals surface area contributed by atoms with Gasteiger partial charge in [-0.2, -0.15) is 4.37 Å². The summed E-state index contributed by atoms with van der Waals surface area (Å²) in [6, 6.07) is 8.44. The number of aryl methyl sites for hydroxylation is 1. The number of benzene rings is 1. The molecule has 2 rings (SSSR count). The van der Waals surface area contributed by atoms with Gasteiger partial charge in [0.2, 0.25) is 0 Å². The quantitative estimate of drug-likeness (QED) is 0.857. The van der Waals surface area contributed by atoms with Gasteiger partial charge in [0.25, 0.3) is 0 Å². The second kappa shape index (κ2) is 6.92. The van der Waals surface area contributed by atoms with Crippen molar-refractivity contribution in [3.05, 3.63) is 46.2 Å². The molecular formula is C15H22N4S. The van der Waals surface area contributed by atoms with E-state index in [0.717, 1.165) is 30.1 Å². The van der Waals surface area contributed by atoms with Crippen LogP contribution < -0.4 is 11.5 Å². The highest BCUT2D eigenvalue weighted by Gasteiger charge is 2.15. The normalized spacial score (nSPS) is 14.2. The zero-order chi connectivity index (χ0) is 14.5. The number of hydrogen-bond acceptors (Lipinski definition) is 5. The largest absolute Gasteiger partial charge is 0.328 e. The van der Waals surface area contributed by atoms with Gasteiger partial charge in [-0.25, -0.2) is 4.98 Å². The molecule has 0 bridgehead atoms. The Morgan fingerprint density at radius 1 is 1.30 bits per heavy atom. The fraction of sp³-hybridized carbons (Fsp3) is 0.467. The van der Waals surface area contributed by atoms with E-state index in [-0.39, 0.29) is 12.1 Å². The summed E-state index contributed by atoms with van der Waals surface area (Å²) in [5.41, 5.74) is 14.5. The van der Waals surface area contributed by atoms with Crippen molar-refractivity contribution in [1.29, 1.82) is 0 Å². The van der Waals surface area contributed by atoms with Crippen molar-refractivity contribution < 1.29 is 0 Å². The van der Waals surface area contributed by atoms with Gasteiger partial charge in [-0.3, -0.25) is 0 Å². The molecule has 0 aliphatic rings. The molecular weight excluding hydrogens is 268 g/mol. The summed E-state index contributed by atoms with van der Waals surface area (Å²) in [7, 11) is 0. The lowest BCUT2D eigenvalue weighted by Gasteiger charge is -2.12. The maximum atomic E-state index is 6.13. The summed E-state index contributed by atoms with van der Waals surface area (Å²) >= 11 is 1.39. The minimum absolute atomic E-state index is 0.103. The molecule has 2 aromatic rings. The molecule has 1 unspecified atom stereocenters. The topological polar surface area (TPSA) is 77.8 Å². The Bertz CT molecular complexity index is 552. The van der Waals surface area contributed by atoms with E-state index in [1.54, 1.807) is 0 Å². The first kappa shape index (κ1) is 15.1. The summed E-state index contributed by atoms with van der Waals surface area (Å²) in [6.45, 7) is 4.16. The van der Waals surface area contributed by atoms with Crippen molar-refractivity contribution in [2.45, 2.75) is 45.2 Å². The van der Waals surface area contributed by atoms with E-state index in [2.05, 4.69) is 47.5 Å². The van der Waals surface area contributed by atoms with Crippen molar-refractivity contribution in [2.75, 3.05) is 0 Å². The predicted molar refractivity (Wildman–Crippen MR) is 83.7 cm³/mol. The molecule has 1 heterocycles. The first-order chi connectivity index (χ1) is 9.58. The highest BCUT2D eigenvalue weighted by Crippen LogP contribution is 2.19. The van der Waals surface area contributed by atoms with Gasteiger partial charge in [0.1, 0.15) is 10.8 Å². The maximum absolute atomic E-state index is 6.13. The smallest absolute Gasteiger partial charge is 0.147 e. The van der Waals surface area contributed by atoms with Crippen LogP contribution >= 0.6 is 11.5 Å². The first-order valence-corrected chi connectivity index (χ1v) is 7.75. The van der Waals surface area contributed by atoms with Crippen LogP contribution in [0.15, 0.2) is 24.3 Å². The Morgan fingerprint density at radius 3 is 2.80 bits per heavy atom. The average Bonchev–Trinajstić information content (AvgIpc) is 2.87. The van der Waals surface area contributed by atoms with E-state index < -0.39 is 0 Å². The third-order valence-corrected chi connectivity index (χ3v) is 4.21. The zero-order valence-electron chi connectivity index (χ0n) is 12.0. The van der Waals surface area contributed by atoms with Gasteiger partial charge in [-0.05, 0) is 36.9 Å². The summed E-state index contributed by atoms with van der Waals surface area (Å²) in [5.74, 6) is 0.844. The molecule has 0 radical (unpaired) electrons. The van der Waals surface area contributed by atoms with E-state index in [9.17, 15) is 0 Å². The molecule has 0 amide bonds. The van der Waals surface area contributed by atoms with Crippen LogP contribution in [0.3, 0.4) is 0 Å². The lowest BCUT2D eigenvalue weighted by Crippen LogP contribution is -2.25. The van der Waals surface area contributed by atoms with Gasteiger partial charge in [0.15, 0.2) is 0 Å². The number of nitrogens with zero attached hydrogens (tertiary/aromatic N) is 2. The Labute approximate surface area is 124 Å². The highest BCUT2D eigenvalue weighted by atomic mass is 32.1. The second-order valence-electron chi connectivity index (χ2n) is 5.23. The zero-order valence-corrected chi connectivity index (χ0v) is 12.9. The van der Waals surface area contributed by atoms with Gasteiger partial charge in [-0.1, -0.05) is 36.8 Å². The third-order valence-electron chi connectivity index (χ3n) is 3.33. The van der Waals surface area contributed by atoms with Crippen LogP contribution in [0.4, 0.5) is 0 Å². The summed E-state index contributed by atoms with van der Waals surface area (Å²) < 4.78 is 4.41. The lowest BCUT2D eigenvalue weighted by atomic mass is 10.1. The highest BCUT2D eigenvalue weighted by molar-refractivity contribution is 7.05. The van der Waals surface area contributed by atoms with E-state index >= 15 is 0 Å². The summed E-state index contributed by atoms with van der Waals surface area (Å²) in [5, 5.41) is 0.886. The minimum Gasteiger partial charge on any atom is -0.328 e. The number of nitrogens with two attached hydrogens (primary N) is 2. The molecule has 1 aromatic carbocycles. The van der Waals surface area contributed by atoms with Crippen LogP contribution in [-0.4, -0.2) is 15.4 Å². The van der Waals surface area contributed by atoms with Gasteiger partial charge in [-0.15, -0.1) is 0 Å². The Balaban J connectivity index is 2.02. The average molecular weight is 290 g/mol. The Hall–Kier alpha value is -1.30. The molecule has 4 nitrogen and oxygen atoms in total. The van der Waals surface area contributed by atoms with Crippen molar-refractivity contribution in [3.8, 4) is 0 Å². The molecule has 1 aromatic heterocycles. The van der Waals surface area contributed by atoms with Crippen LogP contribution in [0.5, 0.6) is 0 Å². The van der Waals surface area contributed by atoms with Crippen LogP contribution in [-0.2, 0) is 6.42 Å². The fourth-order valence-electron chi connectivity index (χ4n) is 2.09. The molecule has 0 aliphatic carbocycles. The number of aromatic nitrogens is 2. The summed E-state index contributed by atoms with van der Waals surface area (Å²) in [6.07, 6.45) is 2.45. The monoisotopic (exact) mass is 290 g/mol. The van der Waals surface area contributed by atoms with Crippen LogP contribution in [0, 0.1) is 6.92 Å².